The second-order valence-corrected chi connectivity index (χ2v) is 6.21. The largest absolute Gasteiger partial charge is 0.293 e. The Kier molecular flexibility index (Phi) is 3.43. The van der Waals surface area contributed by atoms with E-state index in [-0.39, 0.29) is 18.0 Å². The first-order valence-corrected chi connectivity index (χ1v) is 7.42. The van der Waals surface area contributed by atoms with Crippen LogP contribution in [0.15, 0.2) is 36.4 Å². The van der Waals surface area contributed by atoms with E-state index >= 15 is 0 Å². The standard InChI is InChI=1S/C16H14N2O2S/c1-10-7-8-15(21-10)13(19)9-14(20)16-11-5-3-4-6-12(11)18(2)17-16/h3-8H,9H2,1-2H3. The molecule has 0 bridgehead atoms. The Morgan fingerprint density at radius 2 is 1.90 bits per heavy atom. The Hall–Kier alpha value is -2.27. The molecule has 0 fully saturated rings. The number of thiophene rings is 1. The fraction of sp³-hybridized carbons (Fsp3) is 0.188. The quantitative estimate of drug-likeness (QED) is 0.548. The third kappa shape index (κ3) is 2.52. The molecule has 21 heavy (non-hydrogen) atoms. The molecule has 3 aromatic rings. The van der Waals surface area contributed by atoms with Gasteiger partial charge in [-0.3, -0.25) is 14.3 Å². The van der Waals surface area contributed by atoms with E-state index < -0.39 is 0 Å². The van der Waals surface area contributed by atoms with Gasteiger partial charge in [0.25, 0.3) is 0 Å². The lowest BCUT2D eigenvalue weighted by molar-refractivity contribution is 0.0894. The zero-order chi connectivity index (χ0) is 15.0. The molecule has 2 heterocycles. The Bertz CT molecular complexity index is 845. The van der Waals surface area contributed by atoms with Crippen molar-refractivity contribution in [2.75, 3.05) is 0 Å². The Balaban J connectivity index is 1.89. The van der Waals surface area contributed by atoms with E-state index in [4.69, 9.17) is 0 Å². The molecule has 0 spiro atoms. The van der Waals surface area contributed by atoms with Crippen molar-refractivity contribution in [2.24, 2.45) is 7.05 Å². The monoisotopic (exact) mass is 298 g/mol. The van der Waals surface area contributed by atoms with Gasteiger partial charge in [-0.1, -0.05) is 18.2 Å². The second kappa shape index (κ2) is 5.26. The number of hydrogen-bond donors (Lipinski definition) is 0. The summed E-state index contributed by atoms with van der Waals surface area (Å²) in [5.41, 5.74) is 1.26. The number of rotatable bonds is 4. The molecule has 0 saturated heterocycles. The summed E-state index contributed by atoms with van der Waals surface area (Å²) >= 11 is 1.41. The van der Waals surface area contributed by atoms with Gasteiger partial charge in [-0.05, 0) is 25.1 Å². The van der Waals surface area contributed by atoms with Crippen LogP contribution in [-0.2, 0) is 7.05 Å². The van der Waals surface area contributed by atoms with Gasteiger partial charge in [-0.25, -0.2) is 0 Å². The molecule has 0 saturated carbocycles. The smallest absolute Gasteiger partial charge is 0.191 e. The minimum atomic E-state index is -0.233. The van der Waals surface area contributed by atoms with E-state index in [0.29, 0.717) is 10.6 Å². The lowest BCUT2D eigenvalue weighted by Gasteiger charge is -1.96. The highest BCUT2D eigenvalue weighted by Crippen LogP contribution is 2.21. The van der Waals surface area contributed by atoms with Crippen molar-refractivity contribution < 1.29 is 9.59 Å². The number of para-hydroxylation sites is 1. The Morgan fingerprint density at radius 1 is 1.14 bits per heavy atom. The van der Waals surface area contributed by atoms with Gasteiger partial charge < -0.3 is 0 Å². The summed E-state index contributed by atoms with van der Waals surface area (Å²) < 4.78 is 1.67. The normalized spacial score (nSPS) is 11.0. The molecule has 0 aliphatic rings. The Morgan fingerprint density at radius 3 is 2.62 bits per heavy atom. The molecule has 0 unspecified atom stereocenters. The predicted octanol–water partition coefficient (Wildman–Crippen LogP) is 3.40. The number of ketones is 2. The maximum absolute atomic E-state index is 12.4. The molecule has 5 heteroatoms. The van der Waals surface area contributed by atoms with Crippen molar-refractivity contribution in [2.45, 2.75) is 13.3 Å². The van der Waals surface area contributed by atoms with Gasteiger partial charge >= 0.3 is 0 Å². The minimum absolute atomic E-state index is 0.138. The van der Waals surface area contributed by atoms with Crippen LogP contribution >= 0.6 is 11.3 Å². The first kappa shape index (κ1) is 13.7. The van der Waals surface area contributed by atoms with E-state index in [9.17, 15) is 9.59 Å². The molecule has 0 aliphatic carbocycles. The fourth-order valence-electron chi connectivity index (χ4n) is 2.32. The van der Waals surface area contributed by atoms with Crippen molar-refractivity contribution in [3.05, 3.63) is 51.8 Å². The maximum Gasteiger partial charge on any atom is 0.191 e. The van der Waals surface area contributed by atoms with Crippen molar-refractivity contribution in [1.82, 2.24) is 9.78 Å². The summed E-state index contributed by atoms with van der Waals surface area (Å²) in [6, 6.07) is 11.2. The molecule has 106 valence electrons. The van der Waals surface area contributed by atoms with Gasteiger partial charge in [-0.15, -0.1) is 11.3 Å². The van der Waals surface area contributed by atoms with Crippen LogP contribution in [0.25, 0.3) is 10.9 Å². The molecule has 4 nitrogen and oxygen atoms in total. The first-order valence-electron chi connectivity index (χ1n) is 6.61. The molecular formula is C16H14N2O2S. The fourth-order valence-corrected chi connectivity index (χ4v) is 3.13. The average Bonchev–Trinajstić information content (AvgIpc) is 3.04. The summed E-state index contributed by atoms with van der Waals surface area (Å²) in [6.45, 7) is 1.94. The SMILES string of the molecule is Cc1ccc(C(=O)CC(=O)c2nn(C)c3ccccc23)s1. The van der Waals surface area contributed by atoms with Crippen LogP contribution in [0.5, 0.6) is 0 Å². The number of carbonyl (C=O) groups excluding carboxylic acids is 2. The Labute approximate surface area is 126 Å². The van der Waals surface area contributed by atoms with E-state index in [1.165, 1.54) is 11.3 Å². The maximum atomic E-state index is 12.4. The van der Waals surface area contributed by atoms with E-state index in [2.05, 4.69) is 5.10 Å². The number of Topliss-reactive ketones (excluding diaryl/α,β-unsaturated/α-hetero) is 2. The van der Waals surface area contributed by atoms with Crippen LogP contribution in [0.4, 0.5) is 0 Å². The molecule has 0 amide bonds. The first-order chi connectivity index (χ1) is 10.1. The topological polar surface area (TPSA) is 52.0 Å². The van der Waals surface area contributed by atoms with Crippen LogP contribution in [0.2, 0.25) is 0 Å². The van der Waals surface area contributed by atoms with Gasteiger partial charge in [0, 0.05) is 17.3 Å². The lowest BCUT2D eigenvalue weighted by atomic mass is 10.1. The molecule has 0 N–H and O–H groups in total. The summed E-state index contributed by atoms with van der Waals surface area (Å²) in [5, 5.41) is 5.05. The van der Waals surface area contributed by atoms with Crippen LogP contribution in [0, 0.1) is 6.92 Å². The van der Waals surface area contributed by atoms with Crippen LogP contribution < -0.4 is 0 Å². The van der Waals surface area contributed by atoms with E-state index in [0.717, 1.165) is 15.8 Å². The van der Waals surface area contributed by atoms with E-state index in [1.54, 1.807) is 17.8 Å². The molecule has 1 aromatic carbocycles. The van der Waals surface area contributed by atoms with Crippen LogP contribution in [0.1, 0.15) is 31.5 Å². The number of hydrogen-bond acceptors (Lipinski definition) is 4. The van der Waals surface area contributed by atoms with Crippen molar-refractivity contribution in [3.8, 4) is 0 Å². The number of benzene rings is 1. The number of aryl methyl sites for hydroxylation is 2. The number of aromatic nitrogens is 2. The van der Waals surface area contributed by atoms with Crippen LogP contribution in [-0.4, -0.2) is 21.3 Å². The lowest BCUT2D eigenvalue weighted by Crippen LogP contribution is -2.08. The molecule has 0 radical (unpaired) electrons. The third-order valence-corrected chi connectivity index (χ3v) is 4.40. The van der Waals surface area contributed by atoms with Crippen molar-refractivity contribution >= 4 is 33.8 Å². The summed E-state index contributed by atoms with van der Waals surface area (Å²) in [7, 11) is 1.80. The number of nitrogens with zero attached hydrogens (tertiary/aromatic N) is 2. The number of fused-ring (bicyclic) bond motifs is 1. The minimum Gasteiger partial charge on any atom is -0.293 e. The van der Waals surface area contributed by atoms with Gasteiger partial charge in [0.2, 0.25) is 0 Å². The highest BCUT2D eigenvalue weighted by Gasteiger charge is 2.20. The van der Waals surface area contributed by atoms with Crippen molar-refractivity contribution in [1.29, 1.82) is 0 Å². The van der Waals surface area contributed by atoms with Gasteiger partial charge in [0.1, 0.15) is 5.69 Å². The zero-order valence-electron chi connectivity index (χ0n) is 11.8. The second-order valence-electron chi connectivity index (χ2n) is 4.92. The average molecular weight is 298 g/mol. The zero-order valence-corrected chi connectivity index (χ0v) is 12.6. The summed E-state index contributed by atoms with van der Waals surface area (Å²) in [6.07, 6.45) is -0.138. The number of carbonyl (C=O) groups is 2. The van der Waals surface area contributed by atoms with E-state index in [1.807, 2.05) is 37.3 Å². The van der Waals surface area contributed by atoms with Gasteiger partial charge in [0.15, 0.2) is 11.6 Å². The van der Waals surface area contributed by atoms with Gasteiger partial charge in [0.05, 0.1) is 16.8 Å². The highest BCUT2D eigenvalue weighted by molar-refractivity contribution is 7.14. The summed E-state index contributed by atoms with van der Waals surface area (Å²) in [4.78, 5) is 26.2. The summed E-state index contributed by atoms with van der Waals surface area (Å²) in [5.74, 6) is -0.379. The molecule has 0 aliphatic heterocycles. The molecular weight excluding hydrogens is 284 g/mol. The molecule has 3 rings (SSSR count). The highest BCUT2D eigenvalue weighted by atomic mass is 32.1. The molecule has 2 aromatic heterocycles. The molecule has 0 atom stereocenters. The predicted molar refractivity (Wildman–Crippen MR) is 83.0 cm³/mol. The van der Waals surface area contributed by atoms with Crippen molar-refractivity contribution in [3.63, 3.8) is 0 Å². The van der Waals surface area contributed by atoms with Crippen LogP contribution in [0.3, 0.4) is 0 Å². The third-order valence-electron chi connectivity index (χ3n) is 3.36. The van der Waals surface area contributed by atoms with Gasteiger partial charge in [-0.2, -0.15) is 5.10 Å².